The molecule has 19 heavy (non-hydrogen) atoms. The van der Waals surface area contributed by atoms with Gasteiger partial charge < -0.3 is 10.8 Å². The van der Waals surface area contributed by atoms with Gasteiger partial charge in [-0.1, -0.05) is 30.3 Å². The Kier molecular flexibility index (Phi) is 4.29. The van der Waals surface area contributed by atoms with Crippen molar-refractivity contribution in [1.82, 2.24) is 4.98 Å². The standard InChI is InChI=1S/C14H13BrN2O2/c15-13-11(6-3-7-17-13)10-5-2-1-4-9(10)8-12(16)14(18)19/h1-7,12H,8,16H2,(H,18,19). The number of carboxylic acids is 1. The summed E-state index contributed by atoms with van der Waals surface area (Å²) in [4.78, 5) is 15.1. The third kappa shape index (κ3) is 3.19. The summed E-state index contributed by atoms with van der Waals surface area (Å²) in [6, 6.07) is 10.5. The number of aromatic nitrogens is 1. The summed E-state index contributed by atoms with van der Waals surface area (Å²) < 4.78 is 0.728. The van der Waals surface area contributed by atoms with Crippen molar-refractivity contribution in [3.05, 3.63) is 52.8 Å². The van der Waals surface area contributed by atoms with Crippen molar-refractivity contribution in [1.29, 1.82) is 0 Å². The van der Waals surface area contributed by atoms with Crippen LogP contribution in [-0.4, -0.2) is 22.1 Å². The van der Waals surface area contributed by atoms with E-state index in [1.807, 2.05) is 36.4 Å². The van der Waals surface area contributed by atoms with Gasteiger partial charge in [-0.3, -0.25) is 4.79 Å². The molecule has 0 saturated carbocycles. The van der Waals surface area contributed by atoms with Gasteiger partial charge in [0.1, 0.15) is 10.6 Å². The summed E-state index contributed by atoms with van der Waals surface area (Å²) in [7, 11) is 0. The minimum Gasteiger partial charge on any atom is -0.480 e. The molecule has 0 spiro atoms. The van der Waals surface area contributed by atoms with Crippen LogP contribution < -0.4 is 5.73 Å². The molecule has 0 aliphatic rings. The Morgan fingerprint density at radius 1 is 1.26 bits per heavy atom. The number of rotatable bonds is 4. The molecule has 4 nitrogen and oxygen atoms in total. The first-order valence-electron chi connectivity index (χ1n) is 5.77. The van der Waals surface area contributed by atoms with Crippen LogP contribution in [0.5, 0.6) is 0 Å². The molecular weight excluding hydrogens is 308 g/mol. The maximum Gasteiger partial charge on any atom is 0.320 e. The normalized spacial score (nSPS) is 12.1. The second-order valence-corrected chi connectivity index (χ2v) is 4.90. The lowest BCUT2D eigenvalue weighted by Crippen LogP contribution is -2.32. The third-order valence-corrected chi connectivity index (χ3v) is 3.46. The summed E-state index contributed by atoms with van der Waals surface area (Å²) in [6.07, 6.45) is 1.98. The first-order chi connectivity index (χ1) is 9.09. The molecule has 1 unspecified atom stereocenters. The average molecular weight is 321 g/mol. The molecule has 0 amide bonds. The van der Waals surface area contributed by atoms with E-state index in [2.05, 4.69) is 20.9 Å². The van der Waals surface area contributed by atoms with Gasteiger partial charge in [0.25, 0.3) is 0 Å². The van der Waals surface area contributed by atoms with E-state index in [1.165, 1.54) is 0 Å². The molecule has 0 bridgehead atoms. The molecule has 0 aliphatic heterocycles. The van der Waals surface area contributed by atoms with E-state index in [-0.39, 0.29) is 6.42 Å². The summed E-state index contributed by atoms with van der Waals surface area (Å²) >= 11 is 3.40. The highest BCUT2D eigenvalue weighted by atomic mass is 79.9. The van der Waals surface area contributed by atoms with E-state index < -0.39 is 12.0 Å². The first-order valence-corrected chi connectivity index (χ1v) is 6.56. The predicted octanol–water partition coefficient (Wildman–Crippen LogP) is 2.47. The van der Waals surface area contributed by atoms with Gasteiger partial charge in [-0.25, -0.2) is 4.98 Å². The zero-order valence-electron chi connectivity index (χ0n) is 10.1. The lowest BCUT2D eigenvalue weighted by Gasteiger charge is -2.12. The molecule has 0 radical (unpaired) electrons. The summed E-state index contributed by atoms with van der Waals surface area (Å²) in [6.45, 7) is 0. The van der Waals surface area contributed by atoms with Crippen molar-refractivity contribution in [2.24, 2.45) is 5.73 Å². The smallest absolute Gasteiger partial charge is 0.320 e. The molecule has 98 valence electrons. The van der Waals surface area contributed by atoms with Crippen molar-refractivity contribution in [3.63, 3.8) is 0 Å². The van der Waals surface area contributed by atoms with Crippen LogP contribution in [0.1, 0.15) is 5.56 Å². The Morgan fingerprint density at radius 2 is 1.95 bits per heavy atom. The van der Waals surface area contributed by atoms with E-state index >= 15 is 0 Å². The number of nitrogens with zero attached hydrogens (tertiary/aromatic N) is 1. The Morgan fingerprint density at radius 3 is 2.63 bits per heavy atom. The molecule has 2 rings (SSSR count). The van der Waals surface area contributed by atoms with Crippen LogP contribution in [0.25, 0.3) is 11.1 Å². The second-order valence-electron chi connectivity index (χ2n) is 4.15. The fourth-order valence-corrected chi connectivity index (χ4v) is 2.34. The van der Waals surface area contributed by atoms with Gasteiger partial charge in [-0.05, 0) is 39.5 Å². The number of carboxylic acid groups (broad SMARTS) is 1. The van der Waals surface area contributed by atoms with E-state index in [0.717, 1.165) is 21.3 Å². The number of pyridine rings is 1. The van der Waals surface area contributed by atoms with E-state index in [9.17, 15) is 4.79 Å². The minimum atomic E-state index is -1.000. The molecule has 0 fully saturated rings. The van der Waals surface area contributed by atoms with Crippen molar-refractivity contribution >= 4 is 21.9 Å². The highest BCUT2D eigenvalue weighted by Gasteiger charge is 2.15. The number of halogens is 1. The van der Waals surface area contributed by atoms with Crippen LogP contribution in [0, 0.1) is 0 Å². The zero-order valence-corrected chi connectivity index (χ0v) is 11.7. The van der Waals surface area contributed by atoms with Crippen molar-refractivity contribution in [3.8, 4) is 11.1 Å². The number of hydrogen-bond acceptors (Lipinski definition) is 3. The minimum absolute atomic E-state index is 0.285. The van der Waals surface area contributed by atoms with Gasteiger partial charge in [0.15, 0.2) is 0 Å². The molecule has 0 aliphatic carbocycles. The van der Waals surface area contributed by atoms with Crippen LogP contribution in [0.15, 0.2) is 47.2 Å². The van der Waals surface area contributed by atoms with Gasteiger partial charge in [-0.15, -0.1) is 0 Å². The zero-order chi connectivity index (χ0) is 13.8. The van der Waals surface area contributed by atoms with Crippen molar-refractivity contribution < 1.29 is 9.90 Å². The Balaban J connectivity index is 2.42. The number of hydrogen-bond donors (Lipinski definition) is 2. The number of nitrogens with two attached hydrogens (primary N) is 1. The molecule has 3 N–H and O–H groups in total. The molecular formula is C14H13BrN2O2. The van der Waals surface area contributed by atoms with E-state index in [0.29, 0.717) is 0 Å². The van der Waals surface area contributed by atoms with Crippen LogP contribution in [0.2, 0.25) is 0 Å². The van der Waals surface area contributed by atoms with Crippen LogP contribution in [0.3, 0.4) is 0 Å². The largest absolute Gasteiger partial charge is 0.480 e. The quantitative estimate of drug-likeness (QED) is 0.848. The van der Waals surface area contributed by atoms with Gasteiger partial charge in [-0.2, -0.15) is 0 Å². The molecule has 1 heterocycles. The van der Waals surface area contributed by atoms with Crippen molar-refractivity contribution in [2.75, 3.05) is 0 Å². The summed E-state index contributed by atoms with van der Waals surface area (Å²) in [5.41, 5.74) is 8.37. The molecule has 5 heteroatoms. The predicted molar refractivity (Wildman–Crippen MR) is 76.7 cm³/mol. The molecule has 1 atom stereocenters. The lowest BCUT2D eigenvalue weighted by atomic mass is 9.96. The van der Waals surface area contributed by atoms with Gasteiger partial charge >= 0.3 is 5.97 Å². The monoisotopic (exact) mass is 320 g/mol. The Labute approximate surface area is 119 Å². The fraction of sp³-hybridized carbons (Fsp3) is 0.143. The van der Waals surface area contributed by atoms with Crippen molar-refractivity contribution in [2.45, 2.75) is 12.5 Å². The number of benzene rings is 1. The van der Waals surface area contributed by atoms with Gasteiger partial charge in [0.05, 0.1) is 0 Å². The fourth-order valence-electron chi connectivity index (χ4n) is 1.87. The van der Waals surface area contributed by atoms with Crippen LogP contribution in [-0.2, 0) is 11.2 Å². The Hall–Kier alpha value is -1.72. The second kappa shape index (κ2) is 5.95. The Bertz CT molecular complexity index is 602. The lowest BCUT2D eigenvalue weighted by molar-refractivity contribution is -0.138. The highest BCUT2D eigenvalue weighted by molar-refractivity contribution is 9.10. The molecule has 0 saturated heterocycles. The molecule has 2 aromatic rings. The van der Waals surface area contributed by atoms with Crippen LogP contribution >= 0.6 is 15.9 Å². The topological polar surface area (TPSA) is 76.2 Å². The molecule has 1 aromatic heterocycles. The maximum absolute atomic E-state index is 10.9. The summed E-state index contributed by atoms with van der Waals surface area (Å²) in [5.74, 6) is -1.000. The number of aliphatic carboxylic acids is 1. The van der Waals surface area contributed by atoms with Crippen LogP contribution in [0.4, 0.5) is 0 Å². The highest BCUT2D eigenvalue weighted by Crippen LogP contribution is 2.29. The average Bonchev–Trinajstić information content (AvgIpc) is 2.40. The number of carbonyl (C=O) groups is 1. The molecule has 1 aromatic carbocycles. The SMILES string of the molecule is NC(Cc1ccccc1-c1cccnc1Br)C(=O)O. The maximum atomic E-state index is 10.9. The van der Waals surface area contributed by atoms with E-state index in [1.54, 1.807) is 6.20 Å². The van der Waals surface area contributed by atoms with E-state index in [4.69, 9.17) is 10.8 Å². The van der Waals surface area contributed by atoms with Gasteiger partial charge in [0, 0.05) is 11.8 Å². The van der Waals surface area contributed by atoms with Gasteiger partial charge in [0.2, 0.25) is 0 Å². The third-order valence-electron chi connectivity index (χ3n) is 2.82. The summed E-state index contributed by atoms with van der Waals surface area (Å²) in [5, 5.41) is 8.91. The first kappa shape index (κ1) is 13.7.